The Labute approximate surface area is 109 Å². The maximum atomic E-state index is 11.2. The lowest BCUT2D eigenvalue weighted by atomic mass is 10.2. The van der Waals surface area contributed by atoms with Crippen molar-refractivity contribution in [3.05, 3.63) is 65.3 Å². The quantitative estimate of drug-likeness (QED) is 0.632. The van der Waals surface area contributed by atoms with E-state index >= 15 is 0 Å². The predicted molar refractivity (Wildman–Crippen MR) is 73.7 cm³/mol. The smallest absolute Gasteiger partial charge is 0.166 e. The van der Waals surface area contributed by atoms with Gasteiger partial charge in [-0.25, -0.2) is 0 Å². The summed E-state index contributed by atoms with van der Waals surface area (Å²) in [4.78, 5) is 11.2. The van der Waals surface area contributed by atoms with E-state index in [1.54, 1.807) is 0 Å². The molecule has 3 aromatic rings. The van der Waals surface area contributed by atoms with E-state index in [9.17, 15) is 4.79 Å². The van der Waals surface area contributed by atoms with Crippen LogP contribution >= 0.6 is 11.6 Å². The van der Waals surface area contributed by atoms with Gasteiger partial charge in [0.2, 0.25) is 0 Å². The molecular weight excluding hydrogens is 246 g/mol. The third-order valence-electron chi connectivity index (χ3n) is 2.93. The molecule has 0 amide bonds. The highest BCUT2D eigenvalue weighted by Crippen LogP contribution is 2.24. The van der Waals surface area contributed by atoms with Crippen molar-refractivity contribution in [2.45, 2.75) is 0 Å². The Bertz CT molecular complexity index is 730. The molecule has 0 saturated carbocycles. The van der Waals surface area contributed by atoms with E-state index < -0.39 is 0 Å². The first kappa shape index (κ1) is 11.1. The van der Waals surface area contributed by atoms with Crippen LogP contribution in [-0.4, -0.2) is 10.9 Å². The fourth-order valence-electron chi connectivity index (χ4n) is 2.17. The Morgan fingerprint density at radius 1 is 1.00 bits per heavy atom. The number of fused-ring (bicyclic) bond motifs is 1. The van der Waals surface area contributed by atoms with Crippen molar-refractivity contribution in [2.24, 2.45) is 0 Å². The lowest BCUT2D eigenvalue weighted by molar-refractivity contribution is 0.111. The zero-order valence-corrected chi connectivity index (χ0v) is 10.3. The van der Waals surface area contributed by atoms with Crippen molar-refractivity contribution in [1.29, 1.82) is 0 Å². The van der Waals surface area contributed by atoms with Crippen molar-refractivity contribution in [2.75, 3.05) is 0 Å². The average Bonchev–Trinajstić information content (AvgIpc) is 2.77. The van der Waals surface area contributed by atoms with Gasteiger partial charge in [-0.1, -0.05) is 35.9 Å². The van der Waals surface area contributed by atoms with Crippen molar-refractivity contribution in [3.63, 3.8) is 0 Å². The van der Waals surface area contributed by atoms with E-state index in [4.69, 9.17) is 11.6 Å². The lowest BCUT2D eigenvalue weighted by Crippen LogP contribution is -1.98. The summed E-state index contributed by atoms with van der Waals surface area (Å²) in [5.41, 5.74) is 2.52. The summed E-state index contributed by atoms with van der Waals surface area (Å²) in [5.74, 6) is 0. The van der Waals surface area contributed by atoms with Crippen LogP contribution in [0.25, 0.3) is 16.6 Å². The van der Waals surface area contributed by atoms with Crippen LogP contribution in [0.5, 0.6) is 0 Å². The molecule has 3 rings (SSSR count). The van der Waals surface area contributed by atoms with Gasteiger partial charge in [-0.15, -0.1) is 0 Å². The molecule has 2 aromatic carbocycles. The topological polar surface area (TPSA) is 22.0 Å². The van der Waals surface area contributed by atoms with E-state index in [0.717, 1.165) is 22.9 Å². The van der Waals surface area contributed by atoms with E-state index in [-0.39, 0.29) is 0 Å². The van der Waals surface area contributed by atoms with Crippen LogP contribution < -0.4 is 0 Å². The molecule has 0 atom stereocenters. The summed E-state index contributed by atoms with van der Waals surface area (Å²) < 4.78 is 1.91. The number of hydrogen-bond acceptors (Lipinski definition) is 1. The highest BCUT2D eigenvalue weighted by atomic mass is 35.5. The van der Waals surface area contributed by atoms with Crippen molar-refractivity contribution < 1.29 is 4.79 Å². The molecule has 0 aliphatic rings. The molecule has 0 fully saturated rings. The largest absolute Gasteiger partial charge is 0.307 e. The number of halogens is 1. The maximum absolute atomic E-state index is 11.2. The van der Waals surface area contributed by atoms with Crippen molar-refractivity contribution in [3.8, 4) is 5.69 Å². The van der Waals surface area contributed by atoms with Crippen LogP contribution in [0.3, 0.4) is 0 Å². The molecule has 88 valence electrons. The average molecular weight is 256 g/mol. The minimum atomic E-state index is 0.624. The van der Waals surface area contributed by atoms with Gasteiger partial charge in [0.15, 0.2) is 6.29 Å². The Kier molecular flexibility index (Phi) is 2.65. The first-order chi connectivity index (χ1) is 8.79. The molecule has 0 N–H and O–H groups in total. The number of para-hydroxylation sites is 1. The molecular formula is C15H10ClNO. The van der Waals surface area contributed by atoms with E-state index in [1.165, 1.54) is 0 Å². The van der Waals surface area contributed by atoms with Crippen LogP contribution in [-0.2, 0) is 0 Å². The fraction of sp³-hybridized carbons (Fsp3) is 0. The van der Waals surface area contributed by atoms with Gasteiger partial charge in [0.05, 0.1) is 11.2 Å². The van der Waals surface area contributed by atoms with Crippen LogP contribution in [0.2, 0.25) is 5.02 Å². The van der Waals surface area contributed by atoms with Gasteiger partial charge in [0.25, 0.3) is 0 Å². The number of carbonyl (C=O) groups excluding carboxylic acids is 1. The highest BCUT2D eigenvalue weighted by Gasteiger charge is 2.09. The Balaban J connectivity index is 2.36. The first-order valence-electron chi connectivity index (χ1n) is 5.61. The van der Waals surface area contributed by atoms with Crippen LogP contribution in [0.15, 0.2) is 54.6 Å². The first-order valence-corrected chi connectivity index (χ1v) is 5.99. The zero-order valence-electron chi connectivity index (χ0n) is 9.51. The Morgan fingerprint density at radius 3 is 2.61 bits per heavy atom. The van der Waals surface area contributed by atoms with Gasteiger partial charge in [-0.2, -0.15) is 0 Å². The summed E-state index contributed by atoms with van der Waals surface area (Å²) in [5, 5.41) is 1.70. The molecule has 1 aromatic heterocycles. The molecule has 3 heteroatoms. The van der Waals surface area contributed by atoms with Gasteiger partial charge in [0.1, 0.15) is 0 Å². The van der Waals surface area contributed by atoms with Crippen LogP contribution in [0, 0.1) is 0 Å². The van der Waals surface area contributed by atoms with Crippen molar-refractivity contribution in [1.82, 2.24) is 4.57 Å². The second-order valence-corrected chi connectivity index (χ2v) is 4.50. The third kappa shape index (κ3) is 1.71. The second-order valence-electron chi connectivity index (χ2n) is 4.06. The highest BCUT2D eigenvalue weighted by molar-refractivity contribution is 6.30. The SMILES string of the molecule is O=Cc1cc2ccccc2n1-c1cccc(Cl)c1. The van der Waals surface area contributed by atoms with E-state index in [2.05, 4.69) is 0 Å². The van der Waals surface area contributed by atoms with Crippen LogP contribution in [0.1, 0.15) is 10.5 Å². The minimum Gasteiger partial charge on any atom is -0.307 e. The number of nitrogens with zero attached hydrogens (tertiary/aromatic N) is 1. The number of rotatable bonds is 2. The molecule has 18 heavy (non-hydrogen) atoms. The third-order valence-corrected chi connectivity index (χ3v) is 3.16. The monoisotopic (exact) mass is 255 g/mol. The summed E-state index contributed by atoms with van der Waals surface area (Å²) in [6.07, 6.45) is 0.862. The Morgan fingerprint density at radius 2 is 1.83 bits per heavy atom. The van der Waals surface area contributed by atoms with Gasteiger partial charge >= 0.3 is 0 Å². The van der Waals surface area contributed by atoms with E-state index in [0.29, 0.717) is 10.7 Å². The van der Waals surface area contributed by atoms with Gasteiger partial charge in [-0.05, 0) is 30.3 Å². The molecule has 0 bridgehead atoms. The summed E-state index contributed by atoms with van der Waals surface area (Å²) in [7, 11) is 0. The summed E-state index contributed by atoms with van der Waals surface area (Å²) in [6, 6.07) is 17.2. The predicted octanol–water partition coefficient (Wildman–Crippen LogP) is 4.10. The van der Waals surface area contributed by atoms with E-state index in [1.807, 2.05) is 59.2 Å². The van der Waals surface area contributed by atoms with Gasteiger partial charge < -0.3 is 4.57 Å². The van der Waals surface area contributed by atoms with Crippen LogP contribution in [0.4, 0.5) is 0 Å². The molecule has 0 radical (unpaired) electrons. The molecule has 0 aliphatic heterocycles. The summed E-state index contributed by atoms with van der Waals surface area (Å²) >= 11 is 6.01. The number of benzene rings is 2. The normalized spacial score (nSPS) is 10.7. The minimum absolute atomic E-state index is 0.624. The second kappa shape index (κ2) is 4.31. The van der Waals surface area contributed by atoms with Crippen molar-refractivity contribution >= 4 is 28.8 Å². The number of carbonyl (C=O) groups is 1. The lowest BCUT2D eigenvalue weighted by Gasteiger charge is -2.07. The molecule has 2 nitrogen and oxygen atoms in total. The molecule has 0 saturated heterocycles. The number of hydrogen-bond donors (Lipinski definition) is 0. The Hall–Kier alpha value is -2.06. The van der Waals surface area contributed by atoms with Gasteiger partial charge in [0, 0.05) is 16.1 Å². The molecule has 0 aliphatic carbocycles. The summed E-state index contributed by atoms with van der Waals surface area (Å²) in [6.45, 7) is 0. The van der Waals surface area contributed by atoms with Gasteiger partial charge in [-0.3, -0.25) is 4.79 Å². The molecule has 0 spiro atoms. The fourth-order valence-corrected chi connectivity index (χ4v) is 2.35. The molecule has 0 unspecified atom stereocenters. The molecule has 1 heterocycles. The standard InChI is InChI=1S/C15H10ClNO/c16-12-5-3-6-13(9-12)17-14(10-18)8-11-4-1-2-7-15(11)17/h1-10H. The number of aldehydes is 1. The number of aromatic nitrogens is 1. The maximum Gasteiger partial charge on any atom is 0.166 e. The zero-order chi connectivity index (χ0) is 12.5.